The molecule has 6 nitrogen and oxygen atoms in total. The first-order chi connectivity index (χ1) is 12.5. The fourth-order valence-electron chi connectivity index (χ4n) is 3.15. The highest BCUT2D eigenvalue weighted by molar-refractivity contribution is 5.94. The maximum atomic E-state index is 12.7. The largest absolute Gasteiger partial charge is 0.494 e. The second-order valence-electron chi connectivity index (χ2n) is 6.64. The monoisotopic (exact) mass is 362 g/mol. The topological polar surface area (TPSA) is 67.9 Å². The summed E-state index contributed by atoms with van der Waals surface area (Å²) in [4.78, 5) is 26.8. The van der Waals surface area contributed by atoms with Crippen molar-refractivity contribution in [1.82, 2.24) is 10.2 Å². The van der Waals surface area contributed by atoms with Crippen LogP contribution in [0.5, 0.6) is 5.75 Å². The van der Waals surface area contributed by atoms with Crippen molar-refractivity contribution in [3.63, 3.8) is 0 Å². The Labute approximate surface area is 155 Å². The zero-order valence-electron chi connectivity index (χ0n) is 16.0. The first-order valence-electron chi connectivity index (χ1n) is 9.39. The Bertz CT molecular complexity index is 602. The lowest BCUT2D eigenvalue weighted by atomic mass is 9.97. The van der Waals surface area contributed by atoms with Gasteiger partial charge in [-0.1, -0.05) is 12.1 Å². The summed E-state index contributed by atoms with van der Waals surface area (Å²) in [6.07, 6.45) is 1.71. The number of hydrogen-bond acceptors (Lipinski definition) is 4. The van der Waals surface area contributed by atoms with Crippen molar-refractivity contribution in [2.45, 2.75) is 52.1 Å². The van der Waals surface area contributed by atoms with Crippen molar-refractivity contribution in [2.24, 2.45) is 0 Å². The molecule has 2 amide bonds. The van der Waals surface area contributed by atoms with E-state index in [-0.39, 0.29) is 11.8 Å². The molecule has 1 N–H and O–H groups in total. The Hall–Kier alpha value is -2.08. The third kappa shape index (κ3) is 4.97. The van der Waals surface area contributed by atoms with Crippen LogP contribution in [0.1, 0.15) is 45.6 Å². The van der Waals surface area contributed by atoms with Gasteiger partial charge in [0.1, 0.15) is 11.3 Å². The number of ether oxygens (including phenoxy) is 2. The van der Waals surface area contributed by atoms with Gasteiger partial charge in [0.15, 0.2) is 0 Å². The molecule has 2 rings (SSSR count). The van der Waals surface area contributed by atoms with E-state index in [4.69, 9.17) is 9.47 Å². The minimum atomic E-state index is -0.804. The highest BCUT2D eigenvalue weighted by Crippen LogP contribution is 2.32. The summed E-state index contributed by atoms with van der Waals surface area (Å²) >= 11 is 0. The molecule has 1 aromatic carbocycles. The fraction of sp³-hybridized carbons (Fsp3) is 0.600. The molecule has 0 aromatic heterocycles. The maximum Gasteiger partial charge on any atom is 0.245 e. The van der Waals surface area contributed by atoms with Crippen LogP contribution in [0.4, 0.5) is 0 Å². The lowest BCUT2D eigenvalue weighted by molar-refractivity contribution is -0.141. The summed E-state index contributed by atoms with van der Waals surface area (Å²) in [5, 5.41) is 2.95. The average Bonchev–Trinajstić information content (AvgIpc) is 2.93. The van der Waals surface area contributed by atoms with Gasteiger partial charge in [0, 0.05) is 32.7 Å². The van der Waals surface area contributed by atoms with Crippen LogP contribution < -0.4 is 10.1 Å². The van der Waals surface area contributed by atoms with Crippen molar-refractivity contribution in [3.8, 4) is 5.75 Å². The van der Waals surface area contributed by atoms with E-state index in [9.17, 15) is 9.59 Å². The smallest absolute Gasteiger partial charge is 0.245 e. The van der Waals surface area contributed by atoms with E-state index < -0.39 is 5.54 Å². The molecule has 1 aliphatic rings. The van der Waals surface area contributed by atoms with Crippen molar-refractivity contribution in [2.75, 3.05) is 26.4 Å². The highest BCUT2D eigenvalue weighted by atomic mass is 16.5. The summed E-state index contributed by atoms with van der Waals surface area (Å²) in [5.41, 5.74) is 0.181. The standard InChI is InChI=1S/C20H30N2O4/c1-4-25-14-6-13-21-19(24)20(3)12-11-18(23)22(20)15-16-7-9-17(10-8-16)26-5-2/h7-10H,4-6,11-15H2,1-3H3,(H,21,24). The van der Waals surface area contributed by atoms with Crippen LogP contribution in [-0.4, -0.2) is 48.6 Å². The molecule has 1 unspecified atom stereocenters. The zero-order valence-corrected chi connectivity index (χ0v) is 16.0. The number of amides is 2. The Balaban J connectivity index is 1.98. The first kappa shape index (κ1) is 20.2. The van der Waals surface area contributed by atoms with Gasteiger partial charge in [-0.3, -0.25) is 9.59 Å². The second kappa shape index (κ2) is 9.57. The molecule has 0 saturated carbocycles. The number of rotatable bonds is 10. The number of carbonyl (C=O) groups is 2. The molecule has 1 atom stereocenters. The SMILES string of the molecule is CCOCCCNC(=O)C1(C)CCC(=O)N1Cc1ccc(OCC)cc1. The van der Waals surface area contributed by atoms with Crippen LogP contribution in [0.2, 0.25) is 0 Å². The normalized spacial score (nSPS) is 19.7. The highest BCUT2D eigenvalue weighted by Gasteiger charge is 2.46. The number of hydrogen-bond donors (Lipinski definition) is 1. The molecular formula is C20H30N2O4. The molecule has 26 heavy (non-hydrogen) atoms. The molecule has 6 heteroatoms. The van der Waals surface area contributed by atoms with Gasteiger partial charge in [-0.15, -0.1) is 0 Å². The summed E-state index contributed by atoms with van der Waals surface area (Å²) in [6, 6.07) is 7.67. The Kier molecular flexibility index (Phi) is 7.45. The van der Waals surface area contributed by atoms with Crippen LogP contribution in [0.15, 0.2) is 24.3 Å². The predicted octanol–water partition coefficient (Wildman–Crippen LogP) is 2.51. The number of carbonyl (C=O) groups excluding carboxylic acids is 2. The third-order valence-corrected chi connectivity index (χ3v) is 4.74. The number of benzene rings is 1. The van der Waals surface area contributed by atoms with Gasteiger partial charge in [0.2, 0.25) is 11.8 Å². The van der Waals surface area contributed by atoms with E-state index in [2.05, 4.69) is 5.32 Å². The van der Waals surface area contributed by atoms with Crippen LogP contribution >= 0.6 is 0 Å². The summed E-state index contributed by atoms with van der Waals surface area (Å²) in [6.45, 7) is 8.64. The van der Waals surface area contributed by atoms with Gasteiger partial charge in [-0.05, 0) is 51.3 Å². The maximum absolute atomic E-state index is 12.7. The molecule has 0 bridgehead atoms. The van der Waals surface area contributed by atoms with E-state index in [1.165, 1.54) is 0 Å². The number of likely N-dealkylation sites (tertiary alicyclic amines) is 1. The van der Waals surface area contributed by atoms with Gasteiger partial charge in [-0.25, -0.2) is 0 Å². The molecule has 1 heterocycles. The quantitative estimate of drug-likeness (QED) is 0.650. The van der Waals surface area contributed by atoms with Gasteiger partial charge in [-0.2, -0.15) is 0 Å². The summed E-state index contributed by atoms with van der Waals surface area (Å²) in [5.74, 6) is 0.732. The van der Waals surface area contributed by atoms with Crippen molar-refractivity contribution >= 4 is 11.8 Å². The lowest BCUT2D eigenvalue weighted by Crippen LogP contribution is -2.54. The number of nitrogens with one attached hydrogen (secondary N) is 1. The van der Waals surface area contributed by atoms with Gasteiger partial charge in [0.05, 0.1) is 6.61 Å². The first-order valence-corrected chi connectivity index (χ1v) is 9.39. The zero-order chi connectivity index (χ0) is 19.0. The Morgan fingerprint density at radius 2 is 1.96 bits per heavy atom. The van der Waals surface area contributed by atoms with E-state index in [1.54, 1.807) is 4.90 Å². The van der Waals surface area contributed by atoms with E-state index in [0.29, 0.717) is 45.8 Å². The van der Waals surface area contributed by atoms with Crippen LogP contribution in [-0.2, 0) is 20.9 Å². The van der Waals surface area contributed by atoms with Gasteiger partial charge < -0.3 is 19.7 Å². The molecular weight excluding hydrogens is 332 g/mol. The molecule has 1 saturated heterocycles. The molecule has 0 spiro atoms. The van der Waals surface area contributed by atoms with Crippen LogP contribution in [0.3, 0.4) is 0 Å². The minimum Gasteiger partial charge on any atom is -0.494 e. The third-order valence-electron chi connectivity index (χ3n) is 4.74. The molecule has 0 radical (unpaired) electrons. The lowest BCUT2D eigenvalue weighted by Gasteiger charge is -2.34. The average molecular weight is 362 g/mol. The molecule has 1 fully saturated rings. The van der Waals surface area contributed by atoms with E-state index >= 15 is 0 Å². The second-order valence-corrected chi connectivity index (χ2v) is 6.64. The molecule has 0 aliphatic carbocycles. The fourth-order valence-corrected chi connectivity index (χ4v) is 3.15. The number of nitrogens with zero attached hydrogens (tertiary/aromatic N) is 1. The molecule has 1 aliphatic heterocycles. The van der Waals surface area contributed by atoms with Crippen molar-refractivity contribution in [1.29, 1.82) is 0 Å². The minimum absolute atomic E-state index is 0.0193. The summed E-state index contributed by atoms with van der Waals surface area (Å²) in [7, 11) is 0. The Morgan fingerprint density at radius 1 is 1.23 bits per heavy atom. The van der Waals surface area contributed by atoms with Crippen LogP contribution in [0.25, 0.3) is 0 Å². The Morgan fingerprint density at radius 3 is 2.62 bits per heavy atom. The van der Waals surface area contributed by atoms with E-state index in [1.807, 2.05) is 45.0 Å². The molecule has 144 valence electrons. The van der Waals surface area contributed by atoms with E-state index in [0.717, 1.165) is 17.7 Å². The van der Waals surface area contributed by atoms with Crippen molar-refractivity contribution in [3.05, 3.63) is 29.8 Å². The predicted molar refractivity (Wildman–Crippen MR) is 99.9 cm³/mol. The van der Waals surface area contributed by atoms with Gasteiger partial charge in [0.25, 0.3) is 0 Å². The van der Waals surface area contributed by atoms with Gasteiger partial charge >= 0.3 is 0 Å². The summed E-state index contributed by atoms with van der Waals surface area (Å²) < 4.78 is 10.7. The van der Waals surface area contributed by atoms with Crippen LogP contribution in [0, 0.1) is 0 Å². The van der Waals surface area contributed by atoms with Crippen molar-refractivity contribution < 1.29 is 19.1 Å². The molecule has 1 aromatic rings.